The van der Waals surface area contributed by atoms with Crippen LogP contribution in [0.1, 0.15) is 39.5 Å². The van der Waals surface area contributed by atoms with E-state index in [0.717, 1.165) is 30.9 Å². The highest BCUT2D eigenvalue weighted by molar-refractivity contribution is 5.79. The van der Waals surface area contributed by atoms with Crippen molar-refractivity contribution in [3.8, 4) is 0 Å². The Kier molecular flexibility index (Phi) is 6.08. The number of aliphatic imine (C=N–C) groups is 1. The normalized spacial score (nSPS) is 23.3. The number of nitrogens with zero attached hydrogens (tertiary/aromatic N) is 3. The zero-order valence-corrected chi connectivity index (χ0v) is 13.5. The predicted octanol–water partition coefficient (Wildman–Crippen LogP) is 2.26. The van der Waals surface area contributed by atoms with E-state index in [0.29, 0.717) is 6.04 Å². The smallest absolute Gasteiger partial charge is 0.191 e. The van der Waals surface area contributed by atoms with E-state index in [9.17, 15) is 0 Å². The molecule has 118 valence electrons. The molecule has 21 heavy (non-hydrogen) atoms. The van der Waals surface area contributed by atoms with Gasteiger partial charge in [0.05, 0.1) is 6.54 Å². The first kappa shape index (κ1) is 15.9. The van der Waals surface area contributed by atoms with Gasteiger partial charge in [-0.15, -0.1) is 0 Å². The van der Waals surface area contributed by atoms with Crippen molar-refractivity contribution in [3.05, 3.63) is 18.5 Å². The van der Waals surface area contributed by atoms with Crippen molar-refractivity contribution in [2.24, 2.45) is 16.8 Å². The Labute approximate surface area is 128 Å². The van der Waals surface area contributed by atoms with E-state index < -0.39 is 0 Å². The Morgan fingerprint density at radius 3 is 2.67 bits per heavy atom. The average molecular weight is 291 g/mol. The lowest BCUT2D eigenvalue weighted by molar-refractivity contribution is 0.250. The maximum absolute atomic E-state index is 4.32. The second-order valence-corrected chi connectivity index (χ2v) is 6.27. The second-order valence-electron chi connectivity index (χ2n) is 6.27. The summed E-state index contributed by atoms with van der Waals surface area (Å²) in [5.74, 6) is 2.63. The van der Waals surface area contributed by atoms with Gasteiger partial charge >= 0.3 is 0 Å². The van der Waals surface area contributed by atoms with Crippen molar-refractivity contribution in [2.75, 3.05) is 13.6 Å². The summed E-state index contributed by atoms with van der Waals surface area (Å²) in [5, 5.41) is 11.1. The Hall–Kier alpha value is -1.52. The van der Waals surface area contributed by atoms with E-state index in [1.54, 1.807) is 6.20 Å². The van der Waals surface area contributed by atoms with Crippen LogP contribution in [0.15, 0.2) is 23.5 Å². The Morgan fingerprint density at radius 2 is 2.10 bits per heavy atom. The fraction of sp³-hybridized carbons (Fsp3) is 0.750. The first-order valence-corrected chi connectivity index (χ1v) is 8.13. The lowest BCUT2D eigenvalue weighted by Gasteiger charge is -2.32. The second kappa shape index (κ2) is 8.05. The molecule has 0 spiro atoms. The first-order chi connectivity index (χ1) is 10.2. The van der Waals surface area contributed by atoms with Crippen LogP contribution in [0.25, 0.3) is 0 Å². The molecule has 0 aliphatic heterocycles. The molecular weight excluding hydrogens is 262 g/mol. The fourth-order valence-electron chi connectivity index (χ4n) is 3.04. The molecule has 5 nitrogen and oxygen atoms in total. The predicted molar refractivity (Wildman–Crippen MR) is 87.3 cm³/mol. The molecule has 1 aliphatic rings. The molecule has 0 saturated heterocycles. The standard InChI is InChI=1S/C16H29N5/c1-13(2)14-5-7-15(8-6-14)20-16(17-3)18-10-12-21-11-4-9-19-21/h4,9,11,13-15H,5-8,10,12H2,1-3H3,(H2,17,18,20). The number of hydrogen-bond donors (Lipinski definition) is 2. The van der Waals surface area contributed by atoms with Gasteiger partial charge in [-0.2, -0.15) is 5.10 Å². The summed E-state index contributed by atoms with van der Waals surface area (Å²) in [6.07, 6.45) is 8.95. The minimum absolute atomic E-state index is 0.566. The third kappa shape index (κ3) is 5.06. The van der Waals surface area contributed by atoms with Crippen LogP contribution in [-0.2, 0) is 6.54 Å². The van der Waals surface area contributed by atoms with Crippen LogP contribution < -0.4 is 10.6 Å². The largest absolute Gasteiger partial charge is 0.355 e. The molecule has 1 heterocycles. The van der Waals surface area contributed by atoms with Gasteiger partial charge in [-0.3, -0.25) is 9.67 Å². The molecule has 0 unspecified atom stereocenters. The molecule has 0 amide bonds. The molecule has 2 N–H and O–H groups in total. The number of aromatic nitrogens is 2. The van der Waals surface area contributed by atoms with Crippen LogP contribution in [0.3, 0.4) is 0 Å². The summed E-state index contributed by atoms with van der Waals surface area (Å²) >= 11 is 0. The average Bonchev–Trinajstić information content (AvgIpc) is 3.00. The number of guanidine groups is 1. The van der Waals surface area contributed by atoms with Crippen LogP contribution in [-0.4, -0.2) is 35.4 Å². The molecule has 0 atom stereocenters. The summed E-state index contributed by atoms with van der Waals surface area (Å²) in [7, 11) is 1.84. The quantitative estimate of drug-likeness (QED) is 0.646. The molecule has 1 fully saturated rings. The van der Waals surface area contributed by atoms with E-state index in [1.165, 1.54) is 25.7 Å². The van der Waals surface area contributed by atoms with Crippen molar-refractivity contribution in [3.63, 3.8) is 0 Å². The van der Waals surface area contributed by atoms with Gasteiger partial charge in [-0.05, 0) is 43.6 Å². The molecule has 1 aromatic heterocycles. The maximum atomic E-state index is 4.32. The van der Waals surface area contributed by atoms with Gasteiger partial charge in [-0.1, -0.05) is 13.8 Å². The summed E-state index contributed by atoms with van der Waals surface area (Å²) in [4.78, 5) is 4.32. The third-order valence-corrected chi connectivity index (χ3v) is 4.47. The molecule has 1 aliphatic carbocycles. The SMILES string of the molecule is CN=C(NCCn1cccn1)NC1CCC(C(C)C)CC1. The van der Waals surface area contributed by atoms with E-state index >= 15 is 0 Å². The summed E-state index contributed by atoms with van der Waals surface area (Å²) in [5.41, 5.74) is 0. The zero-order chi connectivity index (χ0) is 15.1. The molecule has 1 saturated carbocycles. The Morgan fingerprint density at radius 1 is 1.33 bits per heavy atom. The highest BCUT2D eigenvalue weighted by atomic mass is 15.3. The van der Waals surface area contributed by atoms with Gasteiger partial charge in [0, 0.05) is 32.0 Å². The van der Waals surface area contributed by atoms with Crippen molar-refractivity contribution >= 4 is 5.96 Å². The molecule has 5 heteroatoms. The third-order valence-electron chi connectivity index (χ3n) is 4.47. The van der Waals surface area contributed by atoms with Crippen LogP contribution >= 0.6 is 0 Å². The molecule has 2 rings (SSSR count). The van der Waals surface area contributed by atoms with Gasteiger partial charge in [0.2, 0.25) is 0 Å². The van der Waals surface area contributed by atoms with Gasteiger partial charge in [0.1, 0.15) is 0 Å². The lowest BCUT2D eigenvalue weighted by Crippen LogP contribution is -2.45. The number of nitrogens with one attached hydrogen (secondary N) is 2. The van der Waals surface area contributed by atoms with E-state index in [1.807, 2.05) is 24.0 Å². The fourth-order valence-corrected chi connectivity index (χ4v) is 3.04. The van der Waals surface area contributed by atoms with Crippen LogP contribution in [0.5, 0.6) is 0 Å². The van der Waals surface area contributed by atoms with Crippen molar-refractivity contribution in [2.45, 2.75) is 52.1 Å². The minimum Gasteiger partial charge on any atom is -0.355 e. The van der Waals surface area contributed by atoms with Crippen molar-refractivity contribution in [1.82, 2.24) is 20.4 Å². The minimum atomic E-state index is 0.566. The van der Waals surface area contributed by atoms with Crippen LogP contribution in [0, 0.1) is 11.8 Å². The van der Waals surface area contributed by atoms with E-state index in [2.05, 4.69) is 34.6 Å². The van der Waals surface area contributed by atoms with Gasteiger partial charge < -0.3 is 10.6 Å². The molecule has 1 aromatic rings. The highest BCUT2D eigenvalue weighted by Gasteiger charge is 2.23. The molecule has 0 radical (unpaired) electrons. The summed E-state index contributed by atoms with van der Waals surface area (Å²) in [6.45, 7) is 6.37. The molecule has 0 aromatic carbocycles. The monoisotopic (exact) mass is 291 g/mol. The summed E-state index contributed by atoms with van der Waals surface area (Å²) in [6, 6.07) is 2.51. The molecular formula is C16H29N5. The van der Waals surface area contributed by atoms with Gasteiger partial charge in [-0.25, -0.2) is 0 Å². The Balaban J connectivity index is 1.68. The van der Waals surface area contributed by atoms with Crippen LogP contribution in [0.4, 0.5) is 0 Å². The van der Waals surface area contributed by atoms with Gasteiger partial charge in [0.25, 0.3) is 0 Å². The van der Waals surface area contributed by atoms with E-state index in [-0.39, 0.29) is 0 Å². The lowest BCUT2D eigenvalue weighted by atomic mass is 9.80. The molecule has 0 bridgehead atoms. The maximum Gasteiger partial charge on any atom is 0.191 e. The number of hydrogen-bond acceptors (Lipinski definition) is 2. The summed E-state index contributed by atoms with van der Waals surface area (Å²) < 4.78 is 1.92. The topological polar surface area (TPSA) is 54.2 Å². The first-order valence-electron chi connectivity index (χ1n) is 8.13. The van der Waals surface area contributed by atoms with E-state index in [4.69, 9.17) is 0 Å². The van der Waals surface area contributed by atoms with Crippen molar-refractivity contribution in [1.29, 1.82) is 0 Å². The van der Waals surface area contributed by atoms with Crippen molar-refractivity contribution < 1.29 is 0 Å². The highest BCUT2D eigenvalue weighted by Crippen LogP contribution is 2.29. The zero-order valence-electron chi connectivity index (χ0n) is 13.5. The van der Waals surface area contributed by atoms with Crippen LogP contribution in [0.2, 0.25) is 0 Å². The number of rotatable bonds is 5. The Bertz CT molecular complexity index is 416. The van der Waals surface area contributed by atoms with Gasteiger partial charge in [0.15, 0.2) is 5.96 Å².